The minimum atomic E-state index is 0.0184. The van der Waals surface area contributed by atoms with Crippen molar-refractivity contribution in [2.24, 2.45) is 0 Å². The van der Waals surface area contributed by atoms with Crippen molar-refractivity contribution in [2.45, 2.75) is 44.7 Å². The number of fused-ring (bicyclic) bond motifs is 1. The van der Waals surface area contributed by atoms with E-state index in [1.165, 1.54) is 25.8 Å². The number of rotatable bonds is 2. The summed E-state index contributed by atoms with van der Waals surface area (Å²) in [5.41, 5.74) is 1.61. The summed E-state index contributed by atoms with van der Waals surface area (Å²) in [6, 6.07) is 4.60. The number of piperidine rings is 1. The summed E-state index contributed by atoms with van der Waals surface area (Å²) >= 11 is 0. The van der Waals surface area contributed by atoms with Gasteiger partial charge in [0.15, 0.2) is 0 Å². The second kappa shape index (κ2) is 5.29. The van der Waals surface area contributed by atoms with Gasteiger partial charge in [-0.2, -0.15) is 0 Å². The summed E-state index contributed by atoms with van der Waals surface area (Å²) in [6.45, 7) is 4.25. The average molecular weight is 259 g/mol. The van der Waals surface area contributed by atoms with Crippen LogP contribution in [0.5, 0.6) is 0 Å². The Morgan fingerprint density at radius 2 is 2.21 bits per heavy atom. The van der Waals surface area contributed by atoms with E-state index in [0.29, 0.717) is 17.6 Å². The molecule has 2 aliphatic rings. The van der Waals surface area contributed by atoms with Gasteiger partial charge in [-0.05, 0) is 44.9 Å². The fourth-order valence-electron chi connectivity index (χ4n) is 3.27. The summed E-state index contributed by atoms with van der Waals surface area (Å²) in [5.74, 6) is 0.0184. The molecule has 1 N–H and O–H groups in total. The van der Waals surface area contributed by atoms with Crippen molar-refractivity contribution in [1.82, 2.24) is 15.2 Å². The van der Waals surface area contributed by atoms with Gasteiger partial charge in [0.25, 0.3) is 5.91 Å². The summed E-state index contributed by atoms with van der Waals surface area (Å²) in [7, 11) is 0. The number of carbonyl (C=O) groups is 1. The zero-order valence-corrected chi connectivity index (χ0v) is 11.4. The predicted octanol–water partition coefficient (Wildman–Crippen LogP) is 1.75. The van der Waals surface area contributed by atoms with Crippen molar-refractivity contribution >= 4 is 5.91 Å². The molecule has 1 aromatic heterocycles. The predicted molar refractivity (Wildman–Crippen MR) is 74.1 cm³/mol. The van der Waals surface area contributed by atoms with Crippen LogP contribution in [0.4, 0.5) is 0 Å². The van der Waals surface area contributed by atoms with Crippen molar-refractivity contribution in [3.63, 3.8) is 0 Å². The maximum Gasteiger partial charge on any atom is 0.253 e. The molecule has 0 bridgehead atoms. The monoisotopic (exact) mass is 259 g/mol. The summed E-state index contributed by atoms with van der Waals surface area (Å²) in [6.07, 6.45) is 6.56. The van der Waals surface area contributed by atoms with E-state index in [0.717, 1.165) is 18.7 Å². The second-order valence-electron chi connectivity index (χ2n) is 5.66. The molecule has 19 heavy (non-hydrogen) atoms. The molecule has 0 spiro atoms. The van der Waals surface area contributed by atoms with E-state index in [-0.39, 0.29) is 5.91 Å². The first-order valence-electron chi connectivity index (χ1n) is 7.21. The van der Waals surface area contributed by atoms with Crippen molar-refractivity contribution in [3.05, 3.63) is 29.6 Å². The summed E-state index contributed by atoms with van der Waals surface area (Å²) in [5, 5.41) is 3.19. The van der Waals surface area contributed by atoms with Crippen molar-refractivity contribution in [3.8, 4) is 0 Å². The first-order valence-corrected chi connectivity index (χ1v) is 7.21. The molecule has 1 amide bonds. The zero-order chi connectivity index (χ0) is 13.2. The number of aryl methyl sites for hydroxylation is 1. The molecule has 1 aromatic rings. The molecule has 3 rings (SSSR count). The molecule has 0 unspecified atom stereocenters. The molecule has 0 saturated carbocycles. The number of nitrogens with zero attached hydrogens (tertiary/aromatic N) is 2. The number of amides is 1. The highest BCUT2D eigenvalue weighted by Gasteiger charge is 2.36. The highest BCUT2D eigenvalue weighted by molar-refractivity contribution is 5.94. The van der Waals surface area contributed by atoms with Gasteiger partial charge in [0.1, 0.15) is 0 Å². The number of hydrogen-bond donors (Lipinski definition) is 1. The third kappa shape index (κ3) is 2.63. The minimum absolute atomic E-state index is 0.0184. The van der Waals surface area contributed by atoms with Gasteiger partial charge in [0.05, 0.1) is 5.56 Å². The van der Waals surface area contributed by atoms with Gasteiger partial charge in [-0.15, -0.1) is 0 Å². The molecule has 102 valence electrons. The van der Waals surface area contributed by atoms with E-state index in [2.05, 4.69) is 15.2 Å². The number of carbonyl (C=O) groups excluding carboxylic acids is 1. The van der Waals surface area contributed by atoms with Crippen LogP contribution < -0.4 is 5.32 Å². The van der Waals surface area contributed by atoms with E-state index < -0.39 is 0 Å². The lowest BCUT2D eigenvalue weighted by molar-refractivity contribution is 0.0915. The number of hydrogen-bond acceptors (Lipinski definition) is 3. The Morgan fingerprint density at radius 3 is 3.00 bits per heavy atom. The molecule has 2 aliphatic heterocycles. The molecule has 3 heterocycles. The lowest BCUT2D eigenvalue weighted by atomic mass is 9.99. The second-order valence-corrected chi connectivity index (χ2v) is 5.66. The van der Waals surface area contributed by atoms with Crippen LogP contribution in [0.2, 0.25) is 0 Å². The largest absolute Gasteiger partial charge is 0.348 e. The van der Waals surface area contributed by atoms with Crippen LogP contribution in [0.1, 0.15) is 41.7 Å². The van der Waals surface area contributed by atoms with Gasteiger partial charge < -0.3 is 5.32 Å². The lowest BCUT2D eigenvalue weighted by Crippen LogP contribution is -2.46. The number of aromatic nitrogens is 1. The Kier molecular flexibility index (Phi) is 3.51. The maximum absolute atomic E-state index is 12.2. The highest BCUT2D eigenvalue weighted by Crippen LogP contribution is 2.27. The van der Waals surface area contributed by atoms with Crippen molar-refractivity contribution in [1.29, 1.82) is 0 Å². The fourth-order valence-corrected chi connectivity index (χ4v) is 3.27. The first-order chi connectivity index (χ1) is 9.24. The Labute approximate surface area is 114 Å². The van der Waals surface area contributed by atoms with E-state index in [1.807, 2.05) is 19.1 Å². The Balaban J connectivity index is 1.65. The highest BCUT2D eigenvalue weighted by atomic mass is 16.1. The SMILES string of the molecule is Cc1ccc(C(=O)N[C@H]2CCN3CCCC[C@H]23)cn1. The van der Waals surface area contributed by atoms with Crippen molar-refractivity contribution < 1.29 is 4.79 Å². The van der Waals surface area contributed by atoms with Gasteiger partial charge >= 0.3 is 0 Å². The van der Waals surface area contributed by atoms with Gasteiger partial charge in [0, 0.05) is 30.5 Å². The summed E-state index contributed by atoms with van der Waals surface area (Å²) in [4.78, 5) is 18.9. The van der Waals surface area contributed by atoms with E-state index in [4.69, 9.17) is 0 Å². The smallest absolute Gasteiger partial charge is 0.253 e. The van der Waals surface area contributed by atoms with E-state index in [1.54, 1.807) is 6.20 Å². The third-order valence-electron chi connectivity index (χ3n) is 4.35. The number of pyridine rings is 1. The van der Waals surface area contributed by atoms with Gasteiger partial charge in [-0.25, -0.2) is 0 Å². The molecular formula is C15H21N3O. The minimum Gasteiger partial charge on any atom is -0.348 e. The molecule has 2 atom stereocenters. The van der Waals surface area contributed by atoms with Gasteiger partial charge in [-0.1, -0.05) is 6.42 Å². The van der Waals surface area contributed by atoms with Gasteiger partial charge in [0.2, 0.25) is 0 Å². The maximum atomic E-state index is 12.2. The molecule has 0 aliphatic carbocycles. The zero-order valence-electron chi connectivity index (χ0n) is 11.4. The molecule has 2 saturated heterocycles. The number of nitrogens with one attached hydrogen (secondary N) is 1. The first kappa shape index (κ1) is 12.6. The topological polar surface area (TPSA) is 45.2 Å². The van der Waals surface area contributed by atoms with E-state index in [9.17, 15) is 4.79 Å². The summed E-state index contributed by atoms with van der Waals surface area (Å²) < 4.78 is 0. The van der Waals surface area contributed by atoms with Crippen LogP contribution in [0, 0.1) is 6.92 Å². The Hall–Kier alpha value is -1.42. The lowest BCUT2D eigenvalue weighted by Gasteiger charge is -2.32. The van der Waals surface area contributed by atoms with Crippen LogP contribution in [-0.4, -0.2) is 41.0 Å². The average Bonchev–Trinajstić information content (AvgIpc) is 2.83. The Bertz CT molecular complexity index is 457. The molecule has 2 fully saturated rings. The normalized spacial score (nSPS) is 27.0. The van der Waals surface area contributed by atoms with Crippen molar-refractivity contribution in [2.75, 3.05) is 13.1 Å². The van der Waals surface area contributed by atoms with Crippen LogP contribution in [0.25, 0.3) is 0 Å². The van der Waals surface area contributed by atoms with E-state index >= 15 is 0 Å². The standard InChI is InChI=1S/C15H21N3O/c1-11-5-6-12(10-16-11)15(19)17-13-7-9-18-8-3-2-4-14(13)18/h5-6,10,13-14H,2-4,7-9H2,1H3,(H,17,19)/t13-,14+/m0/s1. The Morgan fingerprint density at radius 1 is 1.32 bits per heavy atom. The van der Waals surface area contributed by atoms with Crippen LogP contribution in [-0.2, 0) is 0 Å². The van der Waals surface area contributed by atoms with Crippen LogP contribution in [0.3, 0.4) is 0 Å². The molecule has 4 nitrogen and oxygen atoms in total. The fraction of sp³-hybridized carbons (Fsp3) is 0.600. The molecule has 4 heteroatoms. The molecular weight excluding hydrogens is 238 g/mol. The molecule has 0 radical (unpaired) electrons. The van der Waals surface area contributed by atoms with Gasteiger partial charge in [-0.3, -0.25) is 14.7 Å². The van der Waals surface area contributed by atoms with Crippen LogP contribution >= 0.6 is 0 Å². The molecule has 0 aromatic carbocycles. The van der Waals surface area contributed by atoms with Crippen LogP contribution in [0.15, 0.2) is 18.3 Å². The third-order valence-corrected chi connectivity index (χ3v) is 4.35. The quantitative estimate of drug-likeness (QED) is 0.880.